The van der Waals surface area contributed by atoms with E-state index < -0.39 is 0 Å². The van der Waals surface area contributed by atoms with Crippen LogP contribution in [-0.4, -0.2) is 10.6 Å². The Labute approximate surface area is 90.1 Å². The van der Waals surface area contributed by atoms with Crippen LogP contribution in [0.5, 0.6) is 0 Å². The van der Waals surface area contributed by atoms with Crippen molar-refractivity contribution < 1.29 is 0 Å². The van der Waals surface area contributed by atoms with Gasteiger partial charge in [-0.2, -0.15) is 0 Å². The van der Waals surface area contributed by atoms with Gasteiger partial charge >= 0.3 is 0 Å². The van der Waals surface area contributed by atoms with Crippen LogP contribution >= 0.6 is 0 Å². The van der Waals surface area contributed by atoms with Gasteiger partial charge in [0.1, 0.15) is 0 Å². The van der Waals surface area contributed by atoms with Gasteiger partial charge in [-0.25, -0.2) is 0 Å². The minimum atomic E-state index is 0.0935. The fourth-order valence-electron chi connectivity index (χ4n) is 1.82. The number of aromatic nitrogens is 1. The number of nitrogens with one attached hydrogen (secondary N) is 1. The van der Waals surface area contributed by atoms with Crippen molar-refractivity contribution in [3.8, 4) is 0 Å². The molecule has 0 atom stereocenters. The molecule has 0 spiro atoms. The van der Waals surface area contributed by atoms with Gasteiger partial charge in [0.25, 0.3) is 5.56 Å². The van der Waals surface area contributed by atoms with E-state index in [-0.39, 0.29) is 5.56 Å². The Bertz CT molecular complexity index is 379. The summed E-state index contributed by atoms with van der Waals surface area (Å²) in [4.78, 5) is 11.5. The lowest BCUT2D eigenvalue weighted by molar-refractivity contribution is 0.445. The van der Waals surface area contributed by atoms with Gasteiger partial charge in [-0.1, -0.05) is 6.92 Å². The van der Waals surface area contributed by atoms with Crippen LogP contribution in [0.4, 0.5) is 5.69 Å². The normalized spacial score (nSPS) is 16.1. The molecule has 0 aliphatic heterocycles. The molecule has 1 heterocycles. The first-order valence-electron chi connectivity index (χ1n) is 5.76. The van der Waals surface area contributed by atoms with Crippen molar-refractivity contribution in [2.75, 3.05) is 5.32 Å². The number of hydrogen-bond acceptors (Lipinski definition) is 2. The van der Waals surface area contributed by atoms with Crippen LogP contribution in [0.2, 0.25) is 0 Å². The van der Waals surface area contributed by atoms with Crippen LogP contribution in [0.25, 0.3) is 0 Å². The molecule has 82 valence electrons. The molecule has 1 aliphatic rings. The Morgan fingerprint density at radius 3 is 2.87 bits per heavy atom. The molecule has 0 saturated heterocycles. The third kappa shape index (κ3) is 2.41. The molecule has 3 heteroatoms. The van der Waals surface area contributed by atoms with Crippen molar-refractivity contribution in [3.05, 3.63) is 28.7 Å². The van der Waals surface area contributed by atoms with Crippen LogP contribution < -0.4 is 10.9 Å². The predicted octanol–water partition coefficient (Wildman–Crippen LogP) is 2.22. The minimum Gasteiger partial charge on any atom is -0.381 e. The number of aryl methyl sites for hydroxylation is 1. The zero-order valence-corrected chi connectivity index (χ0v) is 9.20. The predicted molar refractivity (Wildman–Crippen MR) is 62.3 cm³/mol. The van der Waals surface area contributed by atoms with E-state index in [1.54, 1.807) is 10.6 Å². The zero-order valence-electron chi connectivity index (χ0n) is 9.20. The van der Waals surface area contributed by atoms with E-state index in [4.69, 9.17) is 0 Å². The Morgan fingerprint density at radius 1 is 1.47 bits per heavy atom. The standard InChI is InChI=1S/C12H18N2O/c1-2-8-14-9-11(6-7-12(14)15)13-10-4-3-5-10/h6-7,9-10,13H,2-5,8H2,1H3. The molecule has 1 aromatic heterocycles. The van der Waals surface area contributed by atoms with Crippen molar-refractivity contribution in [1.29, 1.82) is 0 Å². The van der Waals surface area contributed by atoms with Gasteiger partial charge in [-0.15, -0.1) is 0 Å². The molecule has 1 aliphatic carbocycles. The average Bonchev–Trinajstić information content (AvgIpc) is 2.17. The highest BCUT2D eigenvalue weighted by Gasteiger charge is 2.16. The van der Waals surface area contributed by atoms with E-state index in [1.165, 1.54) is 19.3 Å². The topological polar surface area (TPSA) is 34.0 Å². The molecule has 1 aromatic rings. The summed E-state index contributed by atoms with van der Waals surface area (Å²) >= 11 is 0. The summed E-state index contributed by atoms with van der Waals surface area (Å²) in [5.41, 5.74) is 1.17. The number of anilines is 1. The molecule has 0 amide bonds. The van der Waals surface area contributed by atoms with Gasteiger partial charge in [-0.05, 0) is 31.7 Å². The highest BCUT2D eigenvalue weighted by molar-refractivity contribution is 5.41. The number of pyridine rings is 1. The lowest BCUT2D eigenvalue weighted by Crippen LogP contribution is -2.28. The summed E-state index contributed by atoms with van der Waals surface area (Å²) in [5.74, 6) is 0. The third-order valence-electron chi connectivity index (χ3n) is 2.92. The van der Waals surface area contributed by atoms with Gasteiger partial charge in [-0.3, -0.25) is 4.79 Å². The number of hydrogen-bond donors (Lipinski definition) is 1. The van der Waals surface area contributed by atoms with Crippen LogP contribution in [0.3, 0.4) is 0 Å². The Morgan fingerprint density at radius 2 is 2.27 bits per heavy atom. The summed E-state index contributed by atoms with van der Waals surface area (Å²) in [5, 5.41) is 3.44. The SMILES string of the molecule is CCCn1cc(NC2CCC2)ccc1=O. The maximum absolute atomic E-state index is 11.5. The Balaban J connectivity index is 2.10. The Hall–Kier alpha value is -1.25. The fraction of sp³-hybridized carbons (Fsp3) is 0.583. The molecule has 0 bridgehead atoms. The van der Waals surface area contributed by atoms with E-state index in [1.807, 2.05) is 12.3 Å². The molecule has 1 saturated carbocycles. The van der Waals surface area contributed by atoms with Crippen LogP contribution in [0, 0.1) is 0 Å². The lowest BCUT2D eigenvalue weighted by Gasteiger charge is -2.27. The van der Waals surface area contributed by atoms with E-state index in [2.05, 4.69) is 12.2 Å². The molecule has 0 radical (unpaired) electrons. The van der Waals surface area contributed by atoms with Crippen molar-refractivity contribution in [2.24, 2.45) is 0 Å². The quantitative estimate of drug-likeness (QED) is 0.819. The summed E-state index contributed by atoms with van der Waals surface area (Å²) in [7, 11) is 0. The second-order valence-electron chi connectivity index (χ2n) is 4.22. The van der Waals surface area contributed by atoms with Crippen LogP contribution in [0.1, 0.15) is 32.6 Å². The van der Waals surface area contributed by atoms with Gasteiger partial charge in [0, 0.05) is 24.8 Å². The van der Waals surface area contributed by atoms with Gasteiger partial charge in [0.05, 0.1) is 5.69 Å². The van der Waals surface area contributed by atoms with E-state index in [0.29, 0.717) is 6.04 Å². The van der Waals surface area contributed by atoms with Crippen LogP contribution in [0.15, 0.2) is 23.1 Å². The molecule has 2 rings (SSSR count). The van der Waals surface area contributed by atoms with E-state index in [9.17, 15) is 4.79 Å². The summed E-state index contributed by atoms with van der Waals surface area (Å²) in [6.45, 7) is 2.89. The first-order valence-corrected chi connectivity index (χ1v) is 5.76. The summed E-state index contributed by atoms with van der Waals surface area (Å²) < 4.78 is 1.78. The maximum atomic E-state index is 11.5. The number of rotatable bonds is 4. The maximum Gasteiger partial charge on any atom is 0.250 e. The molecule has 1 fully saturated rings. The number of nitrogens with zero attached hydrogens (tertiary/aromatic N) is 1. The fourth-order valence-corrected chi connectivity index (χ4v) is 1.82. The molecule has 3 nitrogen and oxygen atoms in total. The lowest BCUT2D eigenvalue weighted by atomic mass is 9.93. The molecular formula is C12H18N2O. The first-order chi connectivity index (χ1) is 7.29. The van der Waals surface area contributed by atoms with Gasteiger partial charge < -0.3 is 9.88 Å². The Kier molecular flexibility index (Phi) is 3.09. The van der Waals surface area contributed by atoms with E-state index >= 15 is 0 Å². The van der Waals surface area contributed by atoms with Crippen molar-refractivity contribution in [1.82, 2.24) is 4.57 Å². The van der Waals surface area contributed by atoms with Crippen molar-refractivity contribution in [2.45, 2.75) is 45.2 Å². The monoisotopic (exact) mass is 206 g/mol. The largest absolute Gasteiger partial charge is 0.381 e. The second-order valence-corrected chi connectivity index (χ2v) is 4.22. The summed E-state index contributed by atoms with van der Waals surface area (Å²) in [6.07, 6.45) is 6.77. The highest BCUT2D eigenvalue weighted by Crippen LogP contribution is 2.22. The van der Waals surface area contributed by atoms with E-state index in [0.717, 1.165) is 18.7 Å². The highest BCUT2D eigenvalue weighted by atomic mass is 16.1. The third-order valence-corrected chi connectivity index (χ3v) is 2.92. The first kappa shape index (κ1) is 10.3. The summed E-state index contributed by atoms with van der Waals surface area (Å²) in [6, 6.07) is 4.15. The van der Waals surface area contributed by atoms with Crippen molar-refractivity contribution in [3.63, 3.8) is 0 Å². The van der Waals surface area contributed by atoms with Crippen molar-refractivity contribution >= 4 is 5.69 Å². The minimum absolute atomic E-state index is 0.0935. The molecular weight excluding hydrogens is 188 g/mol. The van der Waals surface area contributed by atoms with Gasteiger partial charge in [0.2, 0.25) is 0 Å². The molecule has 0 aromatic carbocycles. The van der Waals surface area contributed by atoms with Gasteiger partial charge in [0.15, 0.2) is 0 Å². The molecule has 15 heavy (non-hydrogen) atoms. The molecule has 0 unspecified atom stereocenters. The average molecular weight is 206 g/mol. The zero-order chi connectivity index (χ0) is 10.7. The second kappa shape index (κ2) is 4.51. The van der Waals surface area contributed by atoms with Crippen LogP contribution in [-0.2, 0) is 6.54 Å². The smallest absolute Gasteiger partial charge is 0.250 e. The molecule has 1 N–H and O–H groups in total.